The molecule has 1 fully saturated rings. The van der Waals surface area contributed by atoms with Crippen LogP contribution in [0.25, 0.3) is 0 Å². The Labute approximate surface area is 135 Å². The maximum absolute atomic E-state index is 11.8. The van der Waals surface area contributed by atoms with E-state index < -0.39 is 15.9 Å². The van der Waals surface area contributed by atoms with Crippen LogP contribution in [0.3, 0.4) is 0 Å². The van der Waals surface area contributed by atoms with Gasteiger partial charge in [0, 0.05) is 12.8 Å². The first-order chi connectivity index (χ1) is 8.97. The Morgan fingerprint density at radius 2 is 2.14 bits per heavy atom. The number of carbonyl (C=O) groups excluding carboxylic acids is 1. The number of nitrogens with zero attached hydrogens (tertiary/aromatic N) is 1. The molecule has 2 heterocycles. The number of morpholine rings is 1. The number of nitrogens with one attached hydrogen (secondary N) is 2. The minimum Gasteiger partial charge on any atom is -0.378 e. The topological polar surface area (TPSA) is 97.4 Å². The normalized spacial score (nSPS) is 18.0. The molecule has 10 heteroatoms. The van der Waals surface area contributed by atoms with Gasteiger partial charge >= 0.3 is 0 Å². The summed E-state index contributed by atoms with van der Waals surface area (Å²) in [6.07, 6.45) is 2.40. The van der Waals surface area contributed by atoms with Crippen molar-refractivity contribution in [3.05, 3.63) is 18.3 Å². The third-order valence-corrected chi connectivity index (χ3v) is 3.62. The van der Waals surface area contributed by atoms with E-state index in [9.17, 15) is 13.2 Å². The number of anilines is 1. The number of aromatic nitrogens is 1. The quantitative estimate of drug-likeness (QED) is 0.804. The number of sulfone groups is 1. The molecule has 1 saturated heterocycles. The van der Waals surface area contributed by atoms with Crippen LogP contribution < -0.4 is 10.6 Å². The van der Waals surface area contributed by atoms with Gasteiger partial charge in [-0.05, 0) is 12.1 Å². The van der Waals surface area contributed by atoms with E-state index >= 15 is 0 Å². The van der Waals surface area contributed by atoms with Gasteiger partial charge < -0.3 is 15.4 Å². The van der Waals surface area contributed by atoms with Gasteiger partial charge in [0.15, 0.2) is 14.9 Å². The summed E-state index contributed by atoms with van der Waals surface area (Å²) in [6, 6.07) is 2.46. The maximum Gasteiger partial charge on any atom is 0.243 e. The Morgan fingerprint density at radius 3 is 2.62 bits per heavy atom. The minimum absolute atomic E-state index is 0. The highest BCUT2D eigenvalue weighted by molar-refractivity contribution is 7.90. The molecule has 1 aliphatic rings. The van der Waals surface area contributed by atoms with Crippen LogP contribution in [0.4, 0.5) is 5.69 Å². The van der Waals surface area contributed by atoms with Crippen LogP contribution in [0.2, 0.25) is 0 Å². The first-order valence-electron chi connectivity index (χ1n) is 5.75. The van der Waals surface area contributed by atoms with Crippen LogP contribution in [-0.4, -0.2) is 51.4 Å². The summed E-state index contributed by atoms with van der Waals surface area (Å²) in [6.45, 7) is 1.54. The number of halogens is 2. The lowest BCUT2D eigenvalue weighted by Crippen LogP contribution is -2.48. The fraction of sp³-hybridized carbons (Fsp3) is 0.455. The van der Waals surface area contributed by atoms with Gasteiger partial charge in [-0.2, -0.15) is 0 Å². The van der Waals surface area contributed by atoms with Gasteiger partial charge in [0.1, 0.15) is 6.04 Å². The zero-order chi connectivity index (χ0) is 13.9. The first-order valence-corrected chi connectivity index (χ1v) is 7.64. The van der Waals surface area contributed by atoms with Crippen molar-refractivity contribution in [1.82, 2.24) is 10.3 Å². The van der Waals surface area contributed by atoms with Gasteiger partial charge in [0.2, 0.25) is 5.91 Å². The van der Waals surface area contributed by atoms with Gasteiger partial charge in [-0.1, -0.05) is 0 Å². The molecule has 1 aliphatic heterocycles. The zero-order valence-electron chi connectivity index (χ0n) is 11.2. The first kappa shape index (κ1) is 20.1. The maximum atomic E-state index is 11.8. The van der Waals surface area contributed by atoms with Crippen LogP contribution in [0.1, 0.15) is 0 Å². The average Bonchev–Trinajstić information content (AvgIpc) is 2.39. The van der Waals surface area contributed by atoms with Gasteiger partial charge in [-0.15, -0.1) is 24.8 Å². The van der Waals surface area contributed by atoms with Crippen LogP contribution >= 0.6 is 24.8 Å². The van der Waals surface area contributed by atoms with Gasteiger partial charge in [0.05, 0.1) is 25.1 Å². The molecule has 1 aromatic rings. The van der Waals surface area contributed by atoms with Crippen molar-refractivity contribution in [3.63, 3.8) is 0 Å². The molecular formula is C11H17Cl2N3O4S. The highest BCUT2D eigenvalue weighted by atomic mass is 35.5. The van der Waals surface area contributed by atoms with Crippen molar-refractivity contribution >= 4 is 46.2 Å². The summed E-state index contributed by atoms with van der Waals surface area (Å²) in [5.41, 5.74) is 0.449. The molecule has 7 nitrogen and oxygen atoms in total. The number of rotatable bonds is 3. The fourth-order valence-electron chi connectivity index (χ4n) is 1.64. The second-order valence-electron chi connectivity index (χ2n) is 4.23. The van der Waals surface area contributed by atoms with Gasteiger partial charge in [0.25, 0.3) is 0 Å². The number of ether oxygens (including phenoxy) is 1. The van der Waals surface area contributed by atoms with Crippen LogP contribution in [0.5, 0.6) is 0 Å². The molecule has 1 aromatic heterocycles. The molecule has 1 amide bonds. The Hall–Kier alpha value is -0.930. The number of pyridine rings is 1. The number of amides is 1. The van der Waals surface area contributed by atoms with Crippen LogP contribution in [0, 0.1) is 0 Å². The van der Waals surface area contributed by atoms with Crippen molar-refractivity contribution in [1.29, 1.82) is 0 Å². The SMILES string of the molecule is CS(=O)(=O)c1ccc(NC(=O)C2COCCN2)cn1.Cl.Cl. The lowest BCUT2D eigenvalue weighted by Gasteiger charge is -2.22. The number of hydrogen-bond acceptors (Lipinski definition) is 6. The van der Waals surface area contributed by atoms with Gasteiger partial charge in [-0.25, -0.2) is 13.4 Å². The predicted molar refractivity (Wildman–Crippen MR) is 83.1 cm³/mol. The van der Waals surface area contributed by atoms with Crippen molar-refractivity contribution in [2.45, 2.75) is 11.1 Å². The lowest BCUT2D eigenvalue weighted by molar-refractivity contribution is -0.120. The Morgan fingerprint density at radius 1 is 1.43 bits per heavy atom. The largest absolute Gasteiger partial charge is 0.378 e. The van der Waals surface area contributed by atoms with E-state index in [4.69, 9.17) is 4.74 Å². The molecule has 2 rings (SSSR count). The van der Waals surface area contributed by atoms with E-state index in [0.717, 1.165) is 6.26 Å². The standard InChI is InChI=1S/C11H15N3O4S.2ClH/c1-19(16,17)10-3-2-8(6-13-10)14-11(15)9-7-18-5-4-12-9;;/h2-3,6,9,12H,4-5,7H2,1H3,(H,14,15);2*1H. The van der Waals surface area contributed by atoms with E-state index in [0.29, 0.717) is 25.4 Å². The average molecular weight is 358 g/mol. The van der Waals surface area contributed by atoms with E-state index in [1.807, 2.05) is 0 Å². The molecule has 0 aromatic carbocycles. The summed E-state index contributed by atoms with van der Waals surface area (Å²) in [4.78, 5) is 15.6. The number of hydrogen-bond donors (Lipinski definition) is 2. The fourth-order valence-corrected chi connectivity index (χ4v) is 2.20. The summed E-state index contributed by atoms with van der Waals surface area (Å²) in [7, 11) is -3.32. The van der Waals surface area contributed by atoms with Crippen molar-refractivity contribution in [2.24, 2.45) is 0 Å². The lowest BCUT2D eigenvalue weighted by atomic mass is 10.2. The Kier molecular flexibility index (Phi) is 8.12. The molecule has 2 N–H and O–H groups in total. The van der Waals surface area contributed by atoms with E-state index in [1.54, 1.807) is 0 Å². The summed E-state index contributed by atoms with van der Waals surface area (Å²) in [5.74, 6) is -0.228. The van der Waals surface area contributed by atoms with Crippen molar-refractivity contribution in [2.75, 3.05) is 31.3 Å². The molecule has 0 aliphatic carbocycles. The molecule has 120 valence electrons. The Balaban J connectivity index is 0.00000200. The van der Waals surface area contributed by atoms with Gasteiger partial charge in [-0.3, -0.25) is 4.79 Å². The molecule has 0 bridgehead atoms. The molecule has 0 spiro atoms. The molecule has 21 heavy (non-hydrogen) atoms. The third-order valence-electron chi connectivity index (χ3n) is 2.62. The zero-order valence-corrected chi connectivity index (χ0v) is 13.7. The Bertz CT molecular complexity index is 559. The molecule has 0 radical (unpaired) electrons. The predicted octanol–water partition coefficient (Wildman–Crippen LogP) is 0.256. The molecular weight excluding hydrogens is 341 g/mol. The van der Waals surface area contributed by atoms with Crippen molar-refractivity contribution in [3.8, 4) is 0 Å². The monoisotopic (exact) mass is 357 g/mol. The summed E-state index contributed by atoms with van der Waals surface area (Å²) >= 11 is 0. The molecule has 1 atom stereocenters. The highest BCUT2D eigenvalue weighted by Crippen LogP contribution is 2.10. The second-order valence-corrected chi connectivity index (χ2v) is 6.19. The summed E-state index contributed by atoms with van der Waals surface area (Å²) in [5, 5.41) is 5.65. The van der Waals surface area contributed by atoms with Crippen LogP contribution in [-0.2, 0) is 19.4 Å². The van der Waals surface area contributed by atoms with E-state index in [-0.39, 0.29) is 35.7 Å². The molecule has 1 unspecified atom stereocenters. The third kappa shape index (κ3) is 5.76. The van der Waals surface area contributed by atoms with E-state index in [2.05, 4.69) is 15.6 Å². The summed E-state index contributed by atoms with van der Waals surface area (Å²) < 4.78 is 27.7. The number of carbonyl (C=O) groups is 1. The second kappa shape index (κ2) is 8.50. The minimum atomic E-state index is -3.32. The smallest absolute Gasteiger partial charge is 0.243 e. The van der Waals surface area contributed by atoms with Crippen molar-refractivity contribution < 1.29 is 17.9 Å². The molecule has 0 saturated carbocycles. The van der Waals surface area contributed by atoms with Crippen LogP contribution in [0.15, 0.2) is 23.4 Å². The highest BCUT2D eigenvalue weighted by Gasteiger charge is 2.21. The van der Waals surface area contributed by atoms with E-state index in [1.165, 1.54) is 18.3 Å².